The Balaban J connectivity index is 2.07. The highest BCUT2D eigenvalue weighted by molar-refractivity contribution is 6.62. The van der Waals surface area contributed by atoms with Gasteiger partial charge in [0.2, 0.25) is 0 Å². The number of ether oxygens (including phenoxy) is 1. The van der Waals surface area contributed by atoms with E-state index in [2.05, 4.69) is 11.1 Å². The van der Waals surface area contributed by atoms with Crippen molar-refractivity contribution >= 4 is 31.1 Å². The van der Waals surface area contributed by atoms with E-state index in [1.165, 1.54) is 31.5 Å². The van der Waals surface area contributed by atoms with Crippen LogP contribution >= 0.6 is 0 Å². The summed E-state index contributed by atoms with van der Waals surface area (Å²) in [7, 11) is 0.354. The van der Waals surface area contributed by atoms with Gasteiger partial charge in [-0.25, -0.2) is 0 Å². The Labute approximate surface area is 190 Å². The minimum absolute atomic E-state index is 0.00536. The van der Waals surface area contributed by atoms with Gasteiger partial charge in [0.05, 0.1) is 40.6 Å². The van der Waals surface area contributed by atoms with Crippen LogP contribution in [0.25, 0.3) is 12.2 Å². The number of aldehydes is 1. The molecule has 2 aromatic rings. The molecule has 1 saturated heterocycles. The number of nitrogens with zero attached hydrogens (tertiary/aromatic N) is 2. The van der Waals surface area contributed by atoms with Crippen molar-refractivity contribution in [3.63, 3.8) is 0 Å². The van der Waals surface area contributed by atoms with E-state index in [4.69, 9.17) is 14.0 Å². The van der Waals surface area contributed by atoms with E-state index in [0.29, 0.717) is 11.8 Å². The Morgan fingerprint density at radius 1 is 1.09 bits per heavy atom. The van der Waals surface area contributed by atoms with Crippen molar-refractivity contribution in [2.24, 2.45) is 0 Å². The molecule has 1 aliphatic rings. The molecule has 0 radical (unpaired) electrons. The first-order chi connectivity index (χ1) is 15.3. The molecule has 172 valence electrons. The Morgan fingerprint density at radius 3 is 2.21 bits per heavy atom. The van der Waals surface area contributed by atoms with Crippen LogP contribution in [-0.2, 0) is 15.5 Å². The monoisotopic (exact) mass is 458 g/mol. The van der Waals surface area contributed by atoms with Crippen molar-refractivity contribution < 1.29 is 32.0 Å². The van der Waals surface area contributed by atoms with Gasteiger partial charge in [-0.05, 0) is 57.0 Å². The summed E-state index contributed by atoms with van der Waals surface area (Å²) in [5.41, 5.74) is -2.05. The molecule has 2 heterocycles. The number of aromatic nitrogens is 1. The van der Waals surface area contributed by atoms with Gasteiger partial charge in [-0.3, -0.25) is 9.78 Å². The first-order valence-corrected chi connectivity index (χ1v) is 10.0. The maximum atomic E-state index is 13.6. The standard InChI is InChI=1S/C23H22BF3N2O4/c1-21(2)22(3,4)33-24(32-21)20-17(12-28)14(8-9-29-20)6-7-15-11-19(31-5)16(13-30)10-18(15)23(25,26)27/h6-11,13H,1-5H3/b7-6+. The number of rotatable bonds is 5. The summed E-state index contributed by atoms with van der Waals surface area (Å²) in [5, 5.41) is 9.78. The molecule has 1 fully saturated rings. The lowest BCUT2D eigenvalue weighted by atomic mass is 9.79. The number of hydrogen-bond acceptors (Lipinski definition) is 6. The average Bonchev–Trinajstić information content (AvgIpc) is 2.97. The summed E-state index contributed by atoms with van der Waals surface area (Å²) in [5.74, 6) is 0.00536. The lowest BCUT2D eigenvalue weighted by Gasteiger charge is -2.32. The van der Waals surface area contributed by atoms with Crippen LogP contribution < -0.4 is 10.3 Å². The third-order valence-electron chi connectivity index (χ3n) is 5.88. The lowest BCUT2D eigenvalue weighted by Crippen LogP contribution is -2.41. The smallest absolute Gasteiger partial charge is 0.496 e. The van der Waals surface area contributed by atoms with Crippen LogP contribution in [0.1, 0.15) is 60.3 Å². The molecule has 1 aromatic carbocycles. The number of halogens is 3. The van der Waals surface area contributed by atoms with Gasteiger partial charge in [-0.15, -0.1) is 0 Å². The van der Waals surface area contributed by atoms with E-state index >= 15 is 0 Å². The molecule has 1 aliphatic heterocycles. The molecule has 3 rings (SSSR count). The molecule has 0 N–H and O–H groups in total. The van der Waals surface area contributed by atoms with E-state index in [1.807, 2.05) is 27.7 Å². The van der Waals surface area contributed by atoms with Gasteiger partial charge in [0.25, 0.3) is 0 Å². The molecule has 0 aliphatic carbocycles. The molecule has 0 unspecified atom stereocenters. The maximum absolute atomic E-state index is 13.6. The number of nitriles is 1. The fourth-order valence-electron chi connectivity index (χ4n) is 3.33. The molecule has 0 spiro atoms. The molecule has 0 bridgehead atoms. The molecule has 0 atom stereocenters. The van der Waals surface area contributed by atoms with Gasteiger partial charge in [-0.2, -0.15) is 18.4 Å². The molecule has 33 heavy (non-hydrogen) atoms. The number of methoxy groups -OCH3 is 1. The summed E-state index contributed by atoms with van der Waals surface area (Å²) in [6.07, 6.45) is -0.381. The summed E-state index contributed by atoms with van der Waals surface area (Å²) in [6, 6.07) is 5.42. The normalized spacial score (nSPS) is 17.2. The van der Waals surface area contributed by atoms with Crippen LogP contribution in [-0.4, -0.2) is 36.7 Å². The molecular weight excluding hydrogens is 436 g/mol. The average molecular weight is 458 g/mol. The fraction of sp³-hybridized carbons (Fsp3) is 0.348. The molecule has 1 aromatic heterocycles. The van der Waals surface area contributed by atoms with Crippen molar-refractivity contribution in [1.82, 2.24) is 4.98 Å². The number of hydrogen-bond donors (Lipinski definition) is 0. The predicted octanol–water partition coefficient (Wildman–Crippen LogP) is 4.26. The Morgan fingerprint density at radius 2 is 1.70 bits per heavy atom. The van der Waals surface area contributed by atoms with E-state index in [0.717, 1.165) is 12.1 Å². The van der Waals surface area contributed by atoms with Gasteiger partial charge >= 0.3 is 13.3 Å². The third kappa shape index (κ3) is 4.65. The van der Waals surface area contributed by atoms with Crippen LogP contribution in [0.2, 0.25) is 0 Å². The topological polar surface area (TPSA) is 81.4 Å². The highest BCUT2D eigenvalue weighted by Crippen LogP contribution is 2.38. The van der Waals surface area contributed by atoms with Crippen molar-refractivity contribution in [3.8, 4) is 11.8 Å². The molecule has 6 nitrogen and oxygen atoms in total. The molecule has 0 saturated carbocycles. The van der Waals surface area contributed by atoms with Crippen molar-refractivity contribution in [2.75, 3.05) is 7.11 Å². The molecule has 0 amide bonds. The van der Waals surface area contributed by atoms with Crippen LogP contribution in [0.5, 0.6) is 5.75 Å². The number of carbonyl (C=O) groups excluding carboxylic acids is 1. The number of pyridine rings is 1. The number of carbonyl (C=O) groups is 1. The summed E-state index contributed by atoms with van der Waals surface area (Å²) in [6.45, 7) is 7.44. The van der Waals surface area contributed by atoms with E-state index in [-0.39, 0.29) is 28.0 Å². The molecule has 10 heteroatoms. The Hall–Kier alpha value is -3.16. The highest BCUT2D eigenvalue weighted by atomic mass is 19.4. The zero-order valence-corrected chi connectivity index (χ0v) is 18.8. The van der Waals surface area contributed by atoms with Crippen LogP contribution in [0.15, 0.2) is 24.4 Å². The van der Waals surface area contributed by atoms with Gasteiger partial charge in [-0.1, -0.05) is 12.2 Å². The second kappa shape index (κ2) is 8.65. The summed E-state index contributed by atoms with van der Waals surface area (Å²) >= 11 is 0. The molecular formula is C23H22BF3N2O4. The first-order valence-electron chi connectivity index (χ1n) is 10.0. The second-order valence-corrected chi connectivity index (χ2v) is 8.49. The van der Waals surface area contributed by atoms with Gasteiger partial charge < -0.3 is 14.0 Å². The highest BCUT2D eigenvalue weighted by Gasteiger charge is 2.53. The minimum Gasteiger partial charge on any atom is -0.496 e. The van der Waals surface area contributed by atoms with Crippen molar-refractivity contribution in [2.45, 2.75) is 45.1 Å². The van der Waals surface area contributed by atoms with E-state index in [9.17, 15) is 23.2 Å². The first kappa shape index (κ1) is 24.5. The minimum atomic E-state index is -4.70. The van der Waals surface area contributed by atoms with E-state index < -0.39 is 30.1 Å². The summed E-state index contributed by atoms with van der Waals surface area (Å²) in [4.78, 5) is 15.4. The van der Waals surface area contributed by atoms with Crippen LogP contribution in [0, 0.1) is 11.3 Å². The van der Waals surface area contributed by atoms with Gasteiger partial charge in [0.1, 0.15) is 11.8 Å². The lowest BCUT2D eigenvalue weighted by molar-refractivity contribution is -0.137. The quantitative estimate of drug-likeness (QED) is 0.492. The van der Waals surface area contributed by atoms with Gasteiger partial charge in [0.15, 0.2) is 6.29 Å². The maximum Gasteiger partial charge on any atom is 0.515 e. The largest absolute Gasteiger partial charge is 0.515 e. The second-order valence-electron chi connectivity index (χ2n) is 8.49. The fourth-order valence-corrected chi connectivity index (χ4v) is 3.33. The van der Waals surface area contributed by atoms with E-state index in [1.54, 1.807) is 0 Å². The van der Waals surface area contributed by atoms with Gasteiger partial charge in [0, 0.05) is 6.20 Å². The van der Waals surface area contributed by atoms with Crippen molar-refractivity contribution in [1.29, 1.82) is 5.26 Å². The summed E-state index contributed by atoms with van der Waals surface area (Å²) < 4.78 is 57.8. The predicted molar refractivity (Wildman–Crippen MR) is 117 cm³/mol. The third-order valence-corrected chi connectivity index (χ3v) is 5.88. The SMILES string of the molecule is COc1cc(/C=C/c2ccnc(B3OC(C)(C)C(C)(C)O3)c2C#N)c(C(F)(F)F)cc1C=O. The van der Waals surface area contributed by atoms with Crippen LogP contribution in [0.3, 0.4) is 0 Å². The van der Waals surface area contributed by atoms with Crippen molar-refractivity contribution in [3.05, 3.63) is 52.2 Å². The number of alkyl halides is 3. The van der Waals surface area contributed by atoms with Crippen LogP contribution in [0.4, 0.5) is 13.2 Å². The Kier molecular flexibility index (Phi) is 6.42. The zero-order chi connectivity index (χ0) is 24.6. The zero-order valence-electron chi connectivity index (χ0n) is 18.8. The Bertz CT molecular complexity index is 1140. The number of benzene rings is 1.